The molecule has 0 aliphatic carbocycles. The van der Waals surface area contributed by atoms with Crippen molar-refractivity contribution in [1.82, 2.24) is 4.57 Å². The molecule has 0 saturated carbocycles. The van der Waals surface area contributed by atoms with E-state index in [0.717, 1.165) is 6.04 Å². The first-order valence-corrected chi connectivity index (χ1v) is 6.49. The average Bonchev–Trinajstić information content (AvgIpc) is 2.58. The zero-order valence-corrected chi connectivity index (χ0v) is 9.41. The van der Waals surface area contributed by atoms with Crippen LogP contribution in [0.3, 0.4) is 0 Å². The van der Waals surface area contributed by atoms with Gasteiger partial charge in [-0.15, -0.1) is 0 Å². The predicted molar refractivity (Wildman–Crippen MR) is 54.4 cm³/mol. The molecule has 68 valence electrons. The lowest BCUT2D eigenvalue weighted by atomic mass is 10.2. The van der Waals surface area contributed by atoms with Crippen LogP contribution in [0.15, 0.2) is 0 Å². The number of hydrogen-bond acceptors (Lipinski definition) is 1. The maximum absolute atomic E-state index is 2.73. The number of fused-ring (bicyclic) bond motifs is 1. The summed E-state index contributed by atoms with van der Waals surface area (Å²) in [6, 6.07) is 0.855. The maximum atomic E-state index is 2.73. The van der Waals surface area contributed by atoms with Gasteiger partial charge in [-0.05, 0) is 19.4 Å². The van der Waals surface area contributed by atoms with Crippen LogP contribution in [0.2, 0.25) is 0 Å². The van der Waals surface area contributed by atoms with Crippen LogP contribution in [0.1, 0.15) is 32.6 Å². The molecule has 0 aromatic carbocycles. The van der Waals surface area contributed by atoms with Gasteiger partial charge in [-0.1, -0.05) is 13.3 Å². The zero-order valence-electron chi connectivity index (χ0n) is 8.00. The number of unbranched alkanes of at least 4 members (excludes halogenated alkanes) is 1. The normalized spacial score (nSPS) is 31.1. The second-order valence-electron chi connectivity index (χ2n) is 3.98. The highest BCUT2D eigenvalue weighted by Crippen LogP contribution is 2.17. The molecule has 0 N–H and O–H groups in total. The molecule has 1 atom stereocenters. The fourth-order valence-electron chi connectivity index (χ4n) is 2.23. The summed E-state index contributed by atoms with van der Waals surface area (Å²) in [5, 5.41) is 0. The van der Waals surface area contributed by atoms with Crippen LogP contribution in [0.4, 0.5) is 0 Å². The van der Waals surface area contributed by atoms with Crippen molar-refractivity contribution in [2.45, 2.75) is 38.6 Å². The second kappa shape index (κ2) is 3.71. The van der Waals surface area contributed by atoms with E-state index in [4.69, 9.17) is 0 Å². The summed E-state index contributed by atoms with van der Waals surface area (Å²) in [7, 11) is -0.0230. The van der Waals surface area contributed by atoms with Crippen LogP contribution < -0.4 is 0 Å². The topological polar surface area (TPSA) is 6.25 Å². The quantitative estimate of drug-likeness (QED) is 0.572. The minimum Gasteiger partial charge on any atom is -0.304 e. The molecule has 2 nitrogen and oxygen atoms in total. The maximum Gasteiger partial charge on any atom is 0.413 e. The van der Waals surface area contributed by atoms with Crippen LogP contribution in [0.25, 0.3) is 0 Å². The standard InChI is InChI=1S/C9H19N2Si/c1-2-3-6-10-8-9-5-4-7-11(9)12-10/h8-9H,2-7,12H2,1H3/q+1. The van der Waals surface area contributed by atoms with Crippen molar-refractivity contribution < 1.29 is 4.24 Å². The SMILES string of the molecule is CCCC[N+]1=CC2CCCN2[SiH2]1. The molecule has 0 bridgehead atoms. The first kappa shape index (κ1) is 8.45. The van der Waals surface area contributed by atoms with Crippen molar-refractivity contribution in [3.63, 3.8) is 0 Å². The van der Waals surface area contributed by atoms with Crippen LogP contribution in [-0.2, 0) is 0 Å². The Labute approximate surface area is 77.2 Å². The van der Waals surface area contributed by atoms with Crippen LogP contribution >= 0.6 is 0 Å². The highest BCUT2D eigenvalue weighted by molar-refractivity contribution is 6.25. The Bertz CT molecular complexity index is 191. The molecule has 1 unspecified atom stereocenters. The molecule has 1 saturated heterocycles. The van der Waals surface area contributed by atoms with Gasteiger partial charge in [0.15, 0.2) is 0 Å². The highest BCUT2D eigenvalue weighted by Gasteiger charge is 2.34. The molecule has 2 heterocycles. The molecule has 2 aliphatic heterocycles. The molecule has 0 radical (unpaired) electrons. The van der Waals surface area contributed by atoms with Crippen LogP contribution in [0, 0.1) is 0 Å². The molecule has 1 fully saturated rings. The molecular weight excluding hydrogens is 164 g/mol. The van der Waals surface area contributed by atoms with E-state index in [1.165, 1.54) is 38.8 Å². The monoisotopic (exact) mass is 183 g/mol. The van der Waals surface area contributed by atoms with Gasteiger partial charge in [0.05, 0.1) is 6.04 Å². The van der Waals surface area contributed by atoms with Gasteiger partial charge in [0, 0.05) is 6.42 Å². The lowest BCUT2D eigenvalue weighted by Crippen LogP contribution is -2.30. The summed E-state index contributed by atoms with van der Waals surface area (Å²) < 4.78 is 5.36. The van der Waals surface area contributed by atoms with Crippen LogP contribution in [0.5, 0.6) is 0 Å². The van der Waals surface area contributed by atoms with Crippen molar-refractivity contribution in [1.29, 1.82) is 0 Å². The van der Waals surface area contributed by atoms with E-state index in [9.17, 15) is 0 Å². The Kier molecular flexibility index (Phi) is 2.61. The molecule has 0 aromatic heterocycles. The van der Waals surface area contributed by atoms with E-state index in [0.29, 0.717) is 0 Å². The van der Waals surface area contributed by atoms with Crippen LogP contribution in [-0.4, -0.2) is 44.0 Å². The first-order valence-electron chi connectivity index (χ1n) is 5.23. The summed E-state index contributed by atoms with van der Waals surface area (Å²) in [6.07, 6.45) is 8.09. The molecule has 2 aliphatic rings. The summed E-state index contributed by atoms with van der Waals surface area (Å²) in [4.78, 5) is 0. The smallest absolute Gasteiger partial charge is 0.304 e. The van der Waals surface area contributed by atoms with Gasteiger partial charge in [-0.3, -0.25) is 4.57 Å². The lowest BCUT2D eigenvalue weighted by molar-refractivity contribution is -0.378. The molecular formula is C9H19N2Si+. The molecule has 12 heavy (non-hydrogen) atoms. The van der Waals surface area contributed by atoms with Gasteiger partial charge in [-0.2, -0.15) is 0 Å². The van der Waals surface area contributed by atoms with Crippen molar-refractivity contribution >= 4 is 16.1 Å². The van der Waals surface area contributed by atoms with E-state index in [-0.39, 0.29) is 9.84 Å². The zero-order chi connectivity index (χ0) is 8.39. The van der Waals surface area contributed by atoms with E-state index >= 15 is 0 Å². The third-order valence-corrected chi connectivity index (χ3v) is 5.00. The molecule has 0 spiro atoms. The van der Waals surface area contributed by atoms with Gasteiger partial charge in [0.1, 0.15) is 12.8 Å². The minimum absolute atomic E-state index is 0.0230. The molecule has 0 amide bonds. The molecule has 0 aromatic rings. The summed E-state index contributed by atoms with van der Waals surface area (Å²) in [5.41, 5.74) is 0. The Hall–Kier alpha value is -0.153. The Morgan fingerprint density at radius 3 is 3.33 bits per heavy atom. The molecule has 2 rings (SSSR count). The fraction of sp³-hybridized carbons (Fsp3) is 0.889. The van der Waals surface area contributed by atoms with E-state index in [2.05, 4.69) is 21.9 Å². The van der Waals surface area contributed by atoms with Gasteiger partial charge in [0.25, 0.3) is 0 Å². The Balaban J connectivity index is 1.85. The van der Waals surface area contributed by atoms with Gasteiger partial charge >= 0.3 is 9.84 Å². The fourth-order valence-corrected chi connectivity index (χ4v) is 4.25. The molecule has 3 heteroatoms. The van der Waals surface area contributed by atoms with E-state index in [1.54, 1.807) is 0 Å². The number of nitrogens with zero attached hydrogens (tertiary/aromatic N) is 2. The van der Waals surface area contributed by atoms with E-state index < -0.39 is 0 Å². The van der Waals surface area contributed by atoms with Crippen molar-refractivity contribution in [2.75, 3.05) is 13.1 Å². The van der Waals surface area contributed by atoms with Gasteiger partial charge in [0.2, 0.25) is 0 Å². The summed E-state index contributed by atoms with van der Waals surface area (Å²) >= 11 is 0. The second-order valence-corrected chi connectivity index (χ2v) is 5.89. The number of hydrogen-bond donors (Lipinski definition) is 0. The minimum atomic E-state index is -0.0230. The third kappa shape index (κ3) is 1.61. The van der Waals surface area contributed by atoms with Crippen molar-refractivity contribution in [3.8, 4) is 0 Å². The average molecular weight is 183 g/mol. The first-order chi connectivity index (χ1) is 5.90. The number of rotatable bonds is 3. The predicted octanol–water partition coefficient (Wildman–Crippen LogP) is 0.347. The summed E-state index contributed by atoms with van der Waals surface area (Å²) in [5.74, 6) is 0. The van der Waals surface area contributed by atoms with E-state index in [1.807, 2.05) is 0 Å². The van der Waals surface area contributed by atoms with Gasteiger partial charge in [-0.25, -0.2) is 0 Å². The summed E-state index contributed by atoms with van der Waals surface area (Å²) in [6.45, 7) is 4.99. The Morgan fingerprint density at radius 1 is 1.67 bits per heavy atom. The van der Waals surface area contributed by atoms with Crippen molar-refractivity contribution in [3.05, 3.63) is 0 Å². The highest BCUT2D eigenvalue weighted by atomic mass is 28.2. The lowest BCUT2D eigenvalue weighted by Gasteiger charge is -2.06. The Morgan fingerprint density at radius 2 is 2.58 bits per heavy atom. The van der Waals surface area contributed by atoms with Crippen molar-refractivity contribution in [2.24, 2.45) is 0 Å². The largest absolute Gasteiger partial charge is 0.413 e. The third-order valence-electron chi connectivity index (χ3n) is 2.96. The van der Waals surface area contributed by atoms with Gasteiger partial charge < -0.3 is 4.24 Å².